The number of nitriles is 1. The molecular weight excluding hydrogens is 360 g/mol. The van der Waals surface area contributed by atoms with Crippen LogP contribution in [0.5, 0.6) is 5.75 Å². The molecule has 0 unspecified atom stereocenters. The standard InChI is InChI=1S/C20H16N4O2S/c1-12-16(7-18(26)24-10-14-4-2-3-5-15(14)11-24)23-20(27-12)19-17(25)6-13(8-21)9-22-19/h2-6,9,25H,7,10-11H2,1H3. The van der Waals surface area contributed by atoms with E-state index in [1.54, 1.807) is 0 Å². The van der Waals surface area contributed by atoms with E-state index in [1.165, 1.54) is 34.7 Å². The Bertz CT molecular complexity index is 1060. The Balaban J connectivity index is 1.53. The highest BCUT2D eigenvalue weighted by Gasteiger charge is 2.24. The molecule has 27 heavy (non-hydrogen) atoms. The van der Waals surface area contributed by atoms with E-state index in [0.717, 1.165) is 4.88 Å². The third-order valence-corrected chi connectivity index (χ3v) is 5.62. The molecule has 7 heteroatoms. The number of hydrogen-bond donors (Lipinski definition) is 1. The highest BCUT2D eigenvalue weighted by atomic mass is 32.1. The summed E-state index contributed by atoms with van der Waals surface area (Å²) in [6, 6.07) is 11.4. The van der Waals surface area contributed by atoms with Gasteiger partial charge in [0, 0.05) is 30.2 Å². The number of nitrogens with zero attached hydrogens (tertiary/aromatic N) is 4. The number of hydrogen-bond acceptors (Lipinski definition) is 6. The number of benzene rings is 1. The number of carbonyl (C=O) groups excluding carboxylic acids is 1. The molecule has 4 rings (SSSR count). The van der Waals surface area contributed by atoms with Crippen molar-refractivity contribution in [3.05, 3.63) is 63.8 Å². The molecule has 1 amide bonds. The first-order valence-corrected chi connectivity index (χ1v) is 9.27. The quantitative estimate of drug-likeness (QED) is 0.758. The average Bonchev–Trinajstić information content (AvgIpc) is 3.25. The van der Waals surface area contributed by atoms with E-state index in [0.29, 0.717) is 29.5 Å². The summed E-state index contributed by atoms with van der Waals surface area (Å²) in [5.41, 5.74) is 3.69. The van der Waals surface area contributed by atoms with E-state index < -0.39 is 0 Å². The molecule has 0 radical (unpaired) electrons. The van der Waals surface area contributed by atoms with Gasteiger partial charge in [-0.2, -0.15) is 5.26 Å². The van der Waals surface area contributed by atoms with Gasteiger partial charge >= 0.3 is 0 Å². The molecule has 2 aromatic heterocycles. The monoisotopic (exact) mass is 376 g/mol. The number of rotatable bonds is 3. The van der Waals surface area contributed by atoms with Crippen molar-refractivity contribution >= 4 is 17.2 Å². The first kappa shape index (κ1) is 17.2. The lowest BCUT2D eigenvalue weighted by atomic mass is 10.1. The van der Waals surface area contributed by atoms with Crippen molar-refractivity contribution in [2.45, 2.75) is 26.4 Å². The molecule has 1 aliphatic rings. The summed E-state index contributed by atoms with van der Waals surface area (Å²) in [7, 11) is 0. The maximum absolute atomic E-state index is 12.7. The molecule has 0 fully saturated rings. The summed E-state index contributed by atoms with van der Waals surface area (Å²) < 4.78 is 0. The van der Waals surface area contributed by atoms with Crippen LogP contribution in [-0.2, 0) is 24.3 Å². The fourth-order valence-electron chi connectivity index (χ4n) is 3.14. The highest BCUT2D eigenvalue weighted by Crippen LogP contribution is 2.33. The van der Waals surface area contributed by atoms with Crippen LogP contribution < -0.4 is 0 Å². The molecule has 0 atom stereocenters. The summed E-state index contributed by atoms with van der Waals surface area (Å²) in [5.74, 6) is -0.0566. The van der Waals surface area contributed by atoms with Crippen LogP contribution >= 0.6 is 11.3 Å². The Morgan fingerprint density at radius 2 is 2.04 bits per heavy atom. The molecule has 0 spiro atoms. The lowest BCUT2D eigenvalue weighted by Gasteiger charge is -2.14. The van der Waals surface area contributed by atoms with Crippen molar-refractivity contribution in [2.75, 3.05) is 0 Å². The second kappa shape index (κ2) is 6.82. The van der Waals surface area contributed by atoms with E-state index >= 15 is 0 Å². The summed E-state index contributed by atoms with van der Waals surface area (Å²) in [6.07, 6.45) is 1.62. The third-order valence-electron chi connectivity index (χ3n) is 4.60. The fraction of sp³-hybridized carbons (Fsp3) is 0.200. The molecule has 0 bridgehead atoms. The number of amides is 1. The number of aryl methyl sites for hydroxylation is 1. The largest absolute Gasteiger partial charge is 0.506 e. The lowest BCUT2D eigenvalue weighted by molar-refractivity contribution is -0.131. The molecule has 1 aliphatic heterocycles. The zero-order valence-corrected chi connectivity index (χ0v) is 15.5. The zero-order chi connectivity index (χ0) is 19.0. The van der Waals surface area contributed by atoms with Crippen LogP contribution in [0.3, 0.4) is 0 Å². The van der Waals surface area contributed by atoms with E-state index in [4.69, 9.17) is 5.26 Å². The molecule has 0 aliphatic carbocycles. The molecule has 1 N–H and O–H groups in total. The van der Waals surface area contributed by atoms with Gasteiger partial charge in [0.05, 0.1) is 17.7 Å². The Kier molecular flexibility index (Phi) is 4.34. The van der Waals surface area contributed by atoms with Gasteiger partial charge in [0.25, 0.3) is 0 Å². The van der Waals surface area contributed by atoms with Crippen molar-refractivity contribution in [3.8, 4) is 22.5 Å². The van der Waals surface area contributed by atoms with E-state index in [2.05, 4.69) is 9.97 Å². The van der Waals surface area contributed by atoms with Crippen molar-refractivity contribution in [1.82, 2.24) is 14.9 Å². The van der Waals surface area contributed by atoms with Gasteiger partial charge in [-0.3, -0.25) is 4.79 Å². The van der Waals surface area contributed by atoms with Crippen LogP contribution in [0, 0.1) is 18.3 Å². The minimum Gasteiger partial charge on any atom is -0.506 e. The van der Waals surface area contributed by atoms with Crippen LogP contribution in [0.4, 0.5) is 0 Å². The Hall–Kier alpha value is -3.24. The summed E-state index contributed by atoms with van der Waals surface area (Å²) in [5, 5.41) is 19.5. The lowest BCUT2D eigenvalue weighted by Crippen LogP contribution is -2.27. The van der Waals surface area contributed by atoms with Gasteiger partial charge in [-0.1, -0.05) is 24.3 Å². The van der Waals surface area contributed by atoms with Crippen LogP contribution in [0.1, 0.15) is 27.3 Å². The summed E-state index contributed by atoms with van der Waals surface area (Å²) >= 11 is 1.38. The zero-order valence-electron chi connectivity index (χ0n) is 14.6. The van der Waals surface area contributed by atoms with Crippen molar-refractivity contribution in [3.63, 3.8) is 0 Å². The summed E-state index contributed by atoms with van der Waals surface area (Å²) in [4.78, 5) is 24.1. The SMILES string of the molecule is Cc1sc(-c2ncc(C#N)cc2O)nc1CC(=O)N1Cc2ccccc2C1. The van der Waals surface area contributed by atoms with Gasteiger partial charge in [-0.05, 0) is 18.1 Å². The van der Waals surface area contributed by atoms with E-state index in [9.17, 15) is 9.90 Å². The average molecular weight is 376 g/mol. The van der Waals surface area contributed by atoms with E-state index in [-0.39, 0.29) is 23.6 Å². The Labute approximate surface area is 160 Å². The highest BCUT2D eigenvalue weighted by molar-refractivity contribution is 7.15. The van der Waals surface area contributed by atoms with Gasteiger partial charge in [0.2, 0.25) is 5.91 Å². The molecule has 3 heterocycles. The van der Waals surface area contributed by atoms with Gasteiger partial charge in [-0.25, -0.2) is 9.97 Å². The van der Waals surface area contributed by atoms with Crippen LogP contribution in [-0.4, -0.2) is 25.9 Å². The van der Waals surface area contributed by atoms with Crippen molar-refractivity contribution in [1.29, 1.82) is 5.26 Å². The normalized spacial score (nSPS) is 12.7. The Morgan fingerprint density at radius 1 is 1.33 bits per heavy atom. The van der Waals surface area contributed by atoms with Gasteiger partial charge in [0.15, 0.2) is 0 Å². The van der Waals surface area contributed by atoms with Gasteiger partial charge in [0.1, 0.15) is 22.5 Å². The number of aromatic nitrogens is 2. The predicted molar refractivity (Wildman–Crippen MR) is 101 cm³/mol. The van der Waals surface area contributed by atoms with Gasteiger partial charge < -0.3 is 10.0 Å². The first-order valence-electron chi connectivity index (χ1n) is 8.45. The van der Waals surface area contributed by atoms with Crippen LogP contribution in [0.2, 0.25) is 0 Å². The minimum absolute atomic E-state index is 0.0307. The predicted octanol–water partition coefficient (Wildman–Crippen LogP) is 3.18. The molecule has 3 aromatic rings. The second-order valence-corrected chi connectivity index (χ2v) is 7.62. The topological polar surface area (TPSA) is 90.1 Å². The Morgan fingerprint density at radius 3 is 2.67 bits per heavy atom. The molecule has 1 aromatic carbocycles. The molecular formula is C20H16N4O2S. The molecule has 134 valence electrons. The van der Waals surface area contributed by atoms with Crippen LogP contribution in [0.15, 0.2) is 36.5 Å². The smallest absolute Gasteiger partial charge is 0.229 e. The van der Waals surface area contributed by atoms with Crippen molar-refractivity contribution in [2.24, 2.45) is 0 Å². The maximum Gasteiger partial charge on any atom is 0.229 e. The fourth-order valence-corrected chi connectivity index (χ4v) is 4.07. The molecule has 6 nitrogen and oxygen atoms in total. The van der Waals surface area contributed by atoms with Crippen molar-refractivity contribution < 1.29 is 9.90 Å². The first-order chi connectivity index (χ1) is 13.0. The summed E-state index contributed by atoms with van der Waals surface area (Å²) in [6.45, 7) is 3.16. The van der Waals surface area contributed by atoms with Crippen LogP contribution in [0.25, 0.3) is 10.7 Å². The second-order valence-electron chi connectivity index (χ2n) is 6.42. The third kappa shape index (κ3) is 3.27. The number of thiazole rings is 1. The number of fused-ring (bicyclic) bond motifs is 1. The molecule has 0 saturated heterocycles. The number of aromatic hydroxyl groups is 1. The molecule has 0 saturated carbocycles. The maximum atomic E-state index is 12.7. The van der Waals surface area contributed by atoms with Gasteiger partial charge in [-0.15, -0.1) is 11.3 Å². The minimum atomic E-state index is -0.0873. The van der Waals surface area contributed by atoms with E-state index in [1.807, 2.05) is 42.2 Å². The number of pyridine rings is 1. The number of carbonyl (C=O) groups is 1.